The number of hydrogen-bond donors (Lipinski definition) is 2. The van der Waals surface area contributed by atoms with E-state index in [1.807, 2.05) is 0 Å². The van der Waals surface area contributed by atoms with Gasteiger partial charge in [0.05, 0.1) is 30.9 Å². The van der Waals surface area contributed by atoms with Crippen molar-refractivity contribution >= 4 is 37.6 Å². The molecule has 0 fully saturated rings. The summed E-state index contributed by atoms with van der Waals surface area (Å²) in [7, 11) is 4.39. The Morgan fingerprint density at radius 2 is 1.93 bits per heavy atom. The molecule has 0 spiro atoms. The maximum Gasteiger partial charge on any atom is 0.147 e. The summed E-state index contributed by atoms with van der Waals surface area (Å²) in [5, 5.41) is 4.85. The van der Waals surface area contributed by atoms with Crippen LogP contribution in [0.25, 0.3) is 20.4 Å². The van der Waals surface area contributed by atoms with E-state index in [9.17, 15) is 0 Å². The highest BCUT2D eigenvalue weighted by atomic mass is 32.1. The van der Waals surface area contributed by atoms with E-state index in [0.717, 1.165) is 53.2 Å². The fourth-order valence-corrected chi connectivity index (χ4v) is 5.41. The number of anilines is 1. The molecule has 3 aromatic heterocycles. The van der Waals surface area contributed by atoms with Crippen molar-refractivity contribution in [3.05, 3.63) is 23.1 Å². The molecule has 0 aliphatic heterocycles. The maximum atomic E-state index is 5.15. The molecule has 2 N–H and O–H groups in total. The lowest BCUT2D eigenvalue weighted by Gasteiger charge is -2.20. The van der Waals surface area contributed by atoms with Gasteiger partial charge in [0, 0.05) is 24.0 Å². The van der Waals surface area contributed by atoms with E-state index < -0.39 is 0 Å². The Kier molecular flexibility index (Phi) is 5.78. The first-order chi connectivity index (χ1) is 13.5. The fraction of sp³-hybridized carbons (Fsp3) is 0.591. The van der Waals surface area contributed by atoms with E-state index in [-0.39, 0.29) is 0 Å². The van der Waals surface area contributed by atoms with E-state index in [4.69, 9.17) is 9.97 Å². The maximum absolute atomic E-state index is 5.15. The second kappa shape index (κ2) is 8.29. The second-order valence-electron chi connectivity index (χ2n) is 8.74. The molecule has 0 saturated carbocycles. The molecule has 5 nitrogen and oxygen atoms in total. The number of pyridine rings is 1. The van der Waals surface area contributed by atoms with Crippen LogP contribution in [-0.2, 0) is 19.3 Å². The minimum absolute atomic E-state index is 0.626. The third kappa shape index (κ3) is 3.85. The Morgan fingerprint density at radius 1 is 1.14 bits per heavy atom. The van der Waals surface area contributed by atoms with Gasteiger partial charge in [0.2, 0.25) is 0 Å². The summed E-state index contributed by atoms with van der Waals surface area (Å²) in [4.78, 5) is 17.0. The van der Waals surface area contributed by atoms with Gasteiger partial charge in [-0.15, -0.1) is 11.3 Å². The zero-order valence-electron chi connectivity index (χ0n) is 17.6. The molecular formula is C22H32N5S+. The summed E-state index contributed by atoms with van der Waals surface area (Å²) in [5.41, 5.74) is 5.44. The van der Waals surface area contributed by atoms with Crippen LogP contribution in [0.3, 0.4) is 0 Å². The Bertz CT molecular complexity index is 976. The minimum atomic E-state index is 0.626. The molecule has 0 bridgehead atoms. The van der Waals surface area contributed by atoms with Gasteiger partial charge in [-0.25, -0.2) is 15.0 Å². The normalized spacial score (nSPS) is 14.4. The Balaban J connectivity index is 1.78. The first kappa shape index (κ1) is 19.5. The van der Waals surface area contributed by atoms with Gasteiger partial charge in [-0.2, -0.15) is 0 Å². The molecule has 28 heavy (non-hydrogen) atoms. The number of quaternary nitrogens is 1. The van der Waals surface area contributed by atoms with Gasteiger partial charge in [0.25, 0.3) is 0 Å². The smallest absolute Gasteiger partial charge is 0.147 e. The van der Waals surface area contributed by atoms with Crippen LogP contribution in [0.5, 0.6) is 0 Å². The highest BCUT2D eigenvalue weighted by Crippen LogP contribution is 2.40. The molecule has 0 radical (unpaired) electrons. The Morgan fingerprint density at radius 3 is 2.68 bits per heavy atom. The molecule has 0 unspecified atom stereocenters. The number of nitrogens with one attached hydrogen (secondary N) is 2. The molecular weight excluding hydrogens is 366 g/mol. The lowest BCUT2D eigenvalue weighted by atomic mass is 9.87. The molecule has 4 rings (SSSR count). The van der Waals surface area contributed by atoms with Gasteiger partial charge in [-0.05, 0) is 49.1 Å². The second-order valence-corrected chi connectivity index (χ2v) is 9.74. The van der Waals surface area contributed by atoms with E-state index in [2.05, 4.69) is 38.2 Å². The van der Waals surface area contributed by atoms with Crippen LogP contribution >= 0.6 is 11.3 Å². The first-order valence-electron chi connectivity index (χ1n) is 10.6. The summed E-state index contributed by atoms with van der Waals surface area (Å²) in [5.74, 6) is 1.60. The Hall–Kier alpha value is -1.79. The predicted octanol–water partition coefficient (Wildman–Crippen LogP) is 3.26. The number of aryl methyl sites for hydroxylation is 1. The molecule has 150 valence electrons. The van der Waals surface area contributed by atoms with Crippen LogP contribution in [0.15, 0.2) is 6.33 Å². The molecule has 1 aliphatic rings. The van der Waals surface area contributed by atoms with Gasteiger partial charge >= 0.3 is 0 Å². The third-order valence-electron chi connectivity index (χ3n) is 5.56. The van der Waals surface area contributed by atoms with E-state index in [0.29, 0.717) is 5.92 Å². The van der Waals surface area contributed by atoms with Crippen LogP contribution in [-0.4, -0.2) is 42.1 Å². The van der Waals surface area contributed by atoms with E-state index in [1.165, 1.54) is 46.4 Å². The van der Waals surface area contributed by atoms with Crippen LogP contribution < -0.4 is 10.2 Å². The van der Waals surface area contributed by atoms with Crippen LogP contribution in [0.2, 0.25) is 0 Å². The van der Waals surface area contributed by atoms with Gasteiger partial charge in [-0.3, -0.25) is 0 Å². The number of thiophene rings is 1. The van der Waals surface area contributed by atoms with Gasteiger partial charge < -0.3 is 10.2 Å². The standard InChI is InChI=1S/C22H31N5S/c1-14(2)12-17-15-8-5-6-9-16(15)18-19-20(28-22(18)26-17)21(25-13-24-19)23-10-7-11-27(3)4/h13-14H,5-12H2,1-4H3,(H,23,24,25)/p+1. The largest absolute Gasteiger partial charge is 0.369 e. The zero-order valence-corrected chi connectivity index (χ0v) is 18.4. The molecule has 0 atom stereocenters. The molecule has 6 heteroatoms. The van der Waals surface area contributed by atoms with Gasteiger partial charge in [0.1, 0.15) is 17.0 Å². The molecule has 3 heterocycles. The molecule has 0 saturated heterocycles. The topological polar surface area (TPSA) is 55.1 Å². The van der Waals surface area contributed by atoms with Crippen molar-refractivity contribution < 1.29 is 4.90 Å². The van der Waals surface area contributed by atoms with Crippen molar-refractivity contribution in [3.63, 3.8) is 0 Å². The SMILES string of the molecule is CC(C)Cc1nc2sc3c(NCCC[NH+](C)C)ncnc3c2c2c1CCCC2. The van der Waals surface area contributed by atoms with Crippen molar-refractivity contribution in [1.82, 2.24) is 15.0 Å². The highest BCUT2D eigenvalue weighted by molar-refractivity contribution is 7.26. The van der Waals surface area contributed by atoms with Gasteiger partial charge in [0.15, 0.2) is 0 Å². The molecule has 3 aromatic rings. The van der Waals surface area contributed by atoms with E-state index in [1.54, 1.807) is 17.7 Å². The molecule has 0 amide bonds. The number of fused-ring (bicyclic) bond motifs is 5. The first-order valence-corrected chi connectivity index (χ1v) is 11.5. The summed E-state index contributed by atoms with van der Waals surface area (Å²) < 4.78 is 1.16. The monoisotopic (exact) mass is 398 g/mol. The number of aromatic nitrogens is 3. The fourth-order valence-electron chi connectivity index (χ4n) is 4.27. The number of nitrogens with zero attached hydrogens (tertiary/aromatic N) is 3. The molecule has 0 aromatic carbocycles. The van der Waals surface area contributed by atoms with Crippen molar-refractivity contribution in [2.24, 2.45) is 5.92 Å². The molecule has 1 aliphatic carbocycles. The Labute approximate surface area is 171 Å². The highest BCUT2D eigenvalue weighted by Gasteiger charge is 2.23. The van der Waals surface area contributed by atoms with Crippen molar-refractivity contribution in [2.75, 3.05) is 32.5 Å². The summed E-state index contributed by atoms with van der Waals surface area (Å²) in [6.07, 6.45) is 8.79. The lowest BCUT2D eigenvalue weighted by Crippen LogP contribution is -3.05. The van der Waals surface area contributed by atoms with Crippen molar-refractivity contribution in [1.29, 1.82) is 0 Å². The van der Waals surface area contributed by atoms with Crippen molar-refractivity contribution in [2.45, 2.75) is 52.4 Å². The average molecular weight is 399 g/mol. The number of hydrogen-bond acceptors (Lipinski definition) is 5. The minimum Gasteiger partial charge on any atom is -0.369 e. The number of rotatable bonds is 7. The van der Waals surface area contributed by atoms with Crippen LogP contribution in [0, 0.1) is 5.92 Å². The lowest BCUT2D eigenvalue weighted by molar-refractivity contribution is -0.858. The summed E-state index contributed by atoms with van der Waals surface area (Å²) >= 11 is 1.76. The zero-order chi connectivity index (χ0) is 19.7. The van der Waals surface area contributed by atoms with Crippen LogP contribution in [0.1, 0.15) is 49.9 Å². The average Bonchev–Trinajstić information content (AvgIpc) is 3.04. The third-order valence-corrected chi connectivity index (χ3v) is 6.63. The predicted molar refractivity (Wildman–Crippen MR) is 119 cm³/mol. The summed E-state index contributed by atoms with van der Waals surface area (Å²) in [6, 6.07) is 0. The van der Waals surface area contributed by atoms with E-state index >= 15 is 0 Å². The van der Waals surface area contributed by atoms with Crippen LogP contribution in [0.4, 0.5) is 5.82 Å². The summed E-state index contributed by atoms with van der Waals surface area (Å²) in [6.45, 7) is 6.67. The van der Waals surface area contributed by atoms with Crippen molar-refractivity contribution in [3.8, 4) is 0 Å². The quantitative estimate of drug-likeness (QED) is 0.600. The van der Waals surface area contributed by atoms with Gasteiger partial charge in [-0.1, -0.05) is 13.8 Å².